The highest BCUT2D eigenvalue weighted by molar-refractivity contribution is 6.59. The highest BCUT2D eigenvalue weighted by Gasteiger charge is 2.18. The number of rotatable bonds is 6. The maximum absolute atomic E-state index is 9.24. The predicted molar refractivity (Wildman–Crippen MR) is 67.7 cm³/mol. The highest BCUT2D eigenvalue weighted by atomic mass is 16.5. The molecule has 0 aromatic heterocycles. The van der Waals surface area contributed by atoms with Crippen molar-refractivity contribution in [3.63, 3.8) is 0 Å². The van der Waals surface area contributed by atoms with Crippen molar-refractivity contribution in [1.29, 1.82) is 0 Å². The second kappa shape index (κ2) is 6.32. The van der Waals surface area contributed by atoms with Crippen LogP contribution in [0.1, 0.15) is 13.3 Å². The zero-order valence-corrected chi connectivity index (χ0v) is 10.1. The lowest BCUT2D eigenvalue weighted by molar-refractivity contribution is 0.347. The van der Waals surface area contributed by atoms with Crippen molar-refractivity contribution >= 4 is 12.6 Å². The first-order valence-corrected chi connectivity index (χ1v) is 5.42. The van der Waals surface area contributed by atoms with Gasteiger partial charge < -0.3 is 19.5 Å². The molecule has 2 N–H and O–H groups in total. The molecule has 0 heterocycles. The molecular weight excluding hydrogens is 219 g/mol. The smallest absolute Gasteiger partial charge is 0.492 e. The predicted octanol–water partition coefficient (Wildman–Crippen LogP) is 0.720. The standard InChI is InChI=1S/C12H17BO4/c1-4-9(2)8-17-12-6-5-10(16-3)7-11(12)13(14)15/h5-7,14-15H,2,4,8H2,1,3H3. The van der Waals surface area contributed by atoms with Crippen LogP contribution in [-0.2, 0) is 0 Å². The van der Waals surface area contributed by atoms with Crippen LogP contribution in [0.2, 0.25) is 0 Å². The summed E-state index contributed by atoms with van der Waals surface area (Å²) < 4.78 is 10.5. The minimum Gasteiger partial charge on any atom is -0.497 e. The van der Waals surface area contributed by atoms with Crippen LogP contribution in [-0.4, -0.2) is 30.9 Å². The van der Waals surface area contributed by atoms with Crippen molar-refractivity contribution in [3.8, 4) is 11.5 Å². The molecule has 0 aliphatic rings. The maximum Gasteiger partial charge on any atom is 0.492 e. The number of hydrogen-bond donors (Lipinski definition) is 2. The molecule has 17 heavy (non-hydrogen) atoms. The fourth-order valence-corrected chi connectivity index (χ4v) is 1.27. The van der Waals surface area contributed by atoms with Crippen LogP contribution in [0.25, 0.3) is 0 Å². The zero-order chi connectivity index (χ0) is 12.8. The van der Waals surface area contributed by atoms with E-state index in [1.165, 1.54) is 13.2 Å². The van der Waals surface area contributed by atoms with Crippen LogP contribution < -0.4 is 14.9 Å². The Morgan fingerprint density at radius 2 is 2.12 bits per heavy atom. The third-order valence-electron chi connectivity index (χ3n) is 2.43. The molecule has 1 rings (SSSR count). The lowest BCUT2D eigenvalue weighted by Crippen LogP contribution is -2.31. The molecule has 92 valence electrons. The van der Waals surface area contributed by atoms with Gasteiger partial charge in [0.05, 0.1) is 7.11 Å². The molecule has 0 saturated heterocycles. The van der Waals surface area contributed by atoms with Gasteiger partial charge in [-0.15, -0.1) is 0 Å². The summed E-state index contributed by atoms with van der Waals surface area (Å²) >= 11 is 0. The van der Waals surface area contributed by atoms with Crippen molar-refractivity contribution in [2.45, 2.75) is 13.3 Å². The number of methoxy groups -OCH3 is 1. The van der Waals surface area contributed by atoms with Crippen LogP contribution in [0.5, 0.6) is 11.5 Å². The summed E-state index contributed by atoms with van der Waals surface area (Å²) in [7, 11) is -0.0718. The van der Waals surface area contributed by atoms with Gasteiger partial charge in [0, 0.05) is 5.46 Å². The fraction of sp³-hybridized carbons (Fsp3) is 0.333. The monoisotopic (exact) mass is 236 g/mol. The summed E-state index contributed by atoms with van der Waals surface area (Å²) in [4.78, 5) is 0. The first-order chi connectivity index (χ1) is 8.08. The van der Waals surface area contributed by atoms with E-state index in [1.54, 1.807) is 12.1 Å². The Kier molecular flexibility index (Phi) is 5.06. The van der Waals surface area contributed by atoms with Crippen molar-refractivity contribution in [3.05, 3.63) is 30.4 Å². The topological polar surface area (TPSA) is 58.9 Å². The van der Waals surface area contributed by atoms with Gasteiger partial charge in [-0.3, -0.25) is 0 Å². The van der Waals surface area contributed by atoms with Gasteiger partial charge in [0.1, 0.15) is 18.1 Å². The second-order valence-electron chi connectivity index (χ2n) is 3.67. The number of benzene rings is 1. The van der Waals surface area contributed by atoms with Crippen LogP contribution in [0.3, 0.4) is 0 Å². The zero-order valence-electron chi connectivity index (χ0n) is 10.1. The van der Waals surface area contributed by atoms with E-state index < -0.39 is 7.12 Å². The molecule has 0 radical (unpaired) electrons. The van der Waals surface area contributed by atoms with Gasteiger partial charge in [-0.2, -0.15) is 0 Å². The van der Waals surface area contributed by atoms with Gasteiger partial charge in [0.25, 0.3) is 0 Å². The van der Waals surface area contributed by atoms with E-state index in [9.17, 15) is 10.0 Å². The van der Waals surface area contributed by atoms with Gasteiger partial charge in [-0.25, -0.2) is 0 Å². The quantitative estimate of drug-likeness (QED) is 0.564. The third-order valence-corrected chi connectivity index (χ3v) is 2.43. The molecule has 0 unspecified atom stereocenters. The van der Waals surface area contributed by atoms with E-state index >= 15 is 0 Å². The molecule has 4 nitrogen and oxygen atoms in total. The Morgan fingerprint density at radius 3 is 2.65 bits per heavy atom. The molecule has 0 bridgehead atoms. The average Bonchev–Trinajstić information content (AvgIpc) is 2.35. The van der Waals surface area contributed by atoms with E-state index in [-0.39, 0.29) is 5.46 Å². The summed E-state index contributed by atoms with van der Waals surface area (Å²) in [6, 6.07) is 4.89. The summed E-state index contributed by atoms with van der Waals surface area (Å²) in [5.74, 6) is 0.977. The van der Waals surface area contributed by atoms with E-state index in [4.69, 9.17) is 9.47 Å². The van der Waals surface area contributed by atoms with Crippen molar-refractivity contribution in [1.82, 2.24) is 0 Å². The number of hydrogen-bond acceptors (Lipinski definition) is 4. The molecule has 0 spiro atoms. The van der Waals surface area contributed by atoms with Crippen molar-refractivity contribution in [2.75, 3.05) is 13.7 Å². The van der Waals surface area contributed by atoms with E-state index in [0.717, 1.165) is 12.0 Å². The summed E-state index contributed by atoms with van der Waals surface area (Å²) in [5, 5.41) is 18.5. The first-order valence-electron chi connectivity index (χ1n) is 5.42. The molecule has 5 heteroatoms. The summed E-state index contributed by atoms with van der Waals surface area (Å²) in [6.07, 6.45) is 0.827. The largest absolute Gasteiger partial charge is 0.497 e. The molecule has 0 saturated carbocycles. The molecule has 0 fully saturated rings. The minimum atomic E-state index is -1.59. The van der Waals surface area contributed by atoms with Crippen molar-refractivity contribution in [2.24, 2.45) is 0 Å². The Hall–Kier alpha value is -1.46. The maximum atomic E-state index is 9.24. The molecule has 0 aliphatic heterocycles. The van der Waals surface area contributed by atoms with Gasteiger partial charge in [-0.05, 0) is 30.2 Å². The lowest BCUT2D eigenvalue weighted by Gasteiger charge is -2.13. The Morgan fingerprint density at radius 1 is 1.41 bits per heavy atom. The molecule has 0 atom stereocenters. The average molecular weight is 236 g/mol. The first kappa shape index (κ1) is 13.6. The summed E-state index contributed by atoms with van der Waals surface area (Å²) in [6.45, 7) is 6.17. The minimum absolute atomic E-state index is 0.285. The van der Waals surface area contributed by atoms with E-state index in [2.05, 4.69) is 6.58 Å². The molecule has 1 aromatic rings. The Bertz CT molecular complexity index is 390. The van der Waals surface area contributed by atoms with Crippen molar-refractivity contribution < 1.29 is 19.5 Å². The Balaban J connectivity index is 2.86. The lowest BCUT2D eigenvalue weighted by atomic mass is 9.79. The van der Waals surface area contributed by atoms with Gasteiger partial charge in [0.2, 0.25) is 0 Å². The molecule has 1 aromatic carbocycles. The van der Waals surface area contributed by atoms with Crippen LogP contribution >= 0.6 is 0 Å². The molecule has 0 amide bonds. The SMILES string of the molecule is C=C(CC)COc1ccc(OC)cc1B(O)O. The number of ether oxygens (including phenoxy) is 2. The van der Waals surface area contributed by atoms with Gasteiger partial charge in [0.15, 0.2) is 0 Å². The van der Waals surface area contributed by atoms with Gasteiger partial charge in [-0.1, -0.05) is 13.5 Å². The fourth-order valence-electron chi connectivity index (χ4n) is 1.27. The normalized spacial score (nSPS) is 9.88. The second-order valence-corrected chi connectivity index (χ2v) is 3.67. The molecule has 0 aliphatic carbocycles. The Labute approximate surface area is 102 Å². The third kappa shape index (κ3) is 3.80. The molecular formula is C12H17BO4. The van der Waals surface area contributed by atoms with E-state index in [0.29, 0.717) is 18.1 Å². The summed E-state index contributed by atoms with van der Waals surface area (Å²) in [5.41, 5.74) is 1.23. The van der Waals surface area contributed by atoms with Crippen LogP contribution in [0.4, 0.5) is 0 Å². The van der Waals surface area contributed by atoms with Crippen LogP contribution in [0, 0.1) is 0 Å². The highest BCUT2D eigenvalue weighted by Crippen LogP contribution is 2.16. The van der Waals surface area contributed by atoms with E-state index in [1.807, 2.05) is 6.92 Å². The van der Waals surface area contributed by atoms with Gasteiger partial charge >= 0.3 is 7.12 Å². The van der Waals surface area contributed by atoms with Crippen LogP contribution in [0.15, 0.2) is 30.4 Å².